The quantitative estimate of drug-likeness (QED) is 0.869. The number of nitrogens with one attached hydrogen (secondary N) is 1. The summed E-state index contributed by atoms with van der Waals surface area (Å²) in [5.74, 6) is -0.931. The van der Waals surface area contributed by atoms with Crippen LogP contribution in [0.2, 0.25) is 0 Å². The fourth-order valence-corrected chi connectivity index (χ4v) is 2.32. The summed E-state index contributed by atoms with van der Waals surface area (Å²) in [5, 5.41) is 12.6. The van der Waals surface area contributed by atoms with E-state index in [-0.39, 0.29) is 4.88 Å². The molecular weight excluding hydrogens is 248 g/mol. The lowest BCUT2D eigenvalue weighted by atomic mass is 10.1. The van der Waals surface area contributed by atoms with Gasteiger partial charge in [-0.1, -0.05) is 41.2 Å². The number of carbonyl (C=O) groups is 1. The Balaban J connectivity index is 1.86. The minimum Gasteiger partial charge on any atom is -0.477 e. The normalized spacial score (nSPS) is 10.3. The van der Waals surface area contributed by atoms with Crippen molar-refractivity contribution in [2.75, 3.05) is 11.9 Å². The highest BCUT2D eigenvalue weighted by Gasteiger charge is 2.07. The van der Waals surface area contributed by atoms with E-state index in [2.05, 4.69) is 35.4 Å². The maximum absolute atomic E-state index is 10.7. The van der Waals surface area contributed by atoms with Gasteiger partial charge >= 0.3 is 5.97 Å². The molecule has 18 heavy (non-hydrogen) atoms. The number of rotatable bonds is 5. The van der Waals surface area contributed by atoms with Gasteiger partial charge in [-0.25, -0.2) is 9.78 Å². The van der Waals surface area contributed by atoms with Gasteiger partial charge in [0.2, 0.25) is 0 Å². The number of aryl methyl sites for hydroxylation is 1. The second-order valence-electron chi connectivity index (χ2n) is 4.00. The van der Waals surface area contributed by atoms with E-state index in [9.17, 15) is 4.79 Å². The molecule has 0 fully saturated rings. The first-order valence-corrected chi connectivity index (χ1v) is 6.45. The van der Waals surface area contributed by atoms with Gasteiger partial charge in [0, 0.05) is 6.54 Å². The number of carboxylic acid groups (broad SMARTS) is 1. The summed E-state index contributed by atoms with van der Waals surface area (Å²) in [5.41, 5.74) is 2.51. The van der Waals surface area contributed by atoms with E-state index in [1.165, 1.54) is 17.3 Å². The van der Waals surface area contributed by atoms with Gasteiger partial charge in [0.05, 0.1) is 6.20 Å². The standard InChI is InChI=1S/C13H14N2O2S/c1-9-3-2-4-10(7-9)5-6-14-13-15-8-11(18-13)12(16)17/h2-4,7-8H,5-6H2,1H3,(H,14,15)(H,16,17). The summed E-state index contributed by atoms with van der Waals surface area (Å²) in [6.45, 7) is 2.81. The Kier molecular flexibility index (Phi) is 3.94. The number of carboxylic acids is 1. The molecule has 4 nitrogen and oxygen atoms in total. The summed E-state index contributed by atoms with van der Waals surface area (Å²) in [6, 6.07) is 8.33. The average Bonchev–Trinajstić information content (AvgIpc) is 2.78. The largest absolute Gasteiger partial charge is 0.477 e. The van der Waals surface area contributed by atoms with Crippen molar-refractivity contribution in [3.05, 3.63) is 46.5 Å². The molecule has 1 heterocycles. The molecule has 2 N–H and O–H groups in total. The lowest BCUT2D eigenvalue weighted by Gasteiger charge is -2.03. The topological polar surface area (TPSA) is 62.2 Å². The van der Waals surface area contributed by atoms with E-state index in [4.69, 9.17) is 5.11 Å². The summed E-state index contributed by atoms with van der Waals surface area (Å²) >= 11 is 1.16. The molecule has 0 amide bonds. The number of aromatic nitrogens is 1. The number of hydrogen-bond donors (Lipinski definition) is 2. The highest BCUT2D eigenvalue weighted by atomic mass is 32.1. The Morgan fingerprint density at radius 2 is 2.33 bits per heavy atom. The minimum atomic E-state index is -0.931. The first-order chi connectivity index (χ1) is 8.65. The van der Waals surface area contributed by atoms with Crippen LogP contribution in [0, 0.1) is 6.92 Å². The van der Waals surface area contributed by atoms with Crippen LogP contribution >= 0.6 is 11.3 Å². The molecule has 2 rings (SSSR count). The number of nitrogens with zero attached hydrogens (tertiary/aromatic N) is 1. The molecule has 0 unspecified atom stereocenters. The number of thiazole rings is 1. The molecule has 0 aliphatic rings. The molecular formula is C13H14N2O2S. The molecule has 5 heteroatoms. The van der Waals surface area contributed by atoms with Crippen molar-refractivity contribution in [1.29, 1.82) is 0 Å². The van der Waals surface area contributed by atoms with Crippen molar-refractivity contribution in [2.45, 2.75) is 13.3 Å². The van der Waals surface area contributed by atoms with Crippen molar-refractivity contribution in [2.24, 2.45) is 0 Å². The van der Waals surface area contributed by atoms with Crippen molar-refractivity contribution in [3.63, 3.8) is 0 Å². The second kappa shape index (κ2) is 5.64. The Morgan fingerprint density at radius 1 is 1.50 bits per heavy atom. The number of hydrogen-bond acceptors (Lipinski definition) is 4. The van der Waals surface area contributed by atoms with Crippen LogP contribution in [0.3, 0.4) is 0 Å². The van der Waals surface area contributed by atoms with Crippen LogP contribution in [0.25, 0.3) is 0 Å². The number of benzene rings is 1. The zero-order chi connectivity index (χ0) is 13.0. The molecule has 0 spiro atoms. The van der Waals surface area contributed by atoms with E-state index >= 15 is 0 Å². The van der Waals surface area contributed by atoms with Crippen LogP contribution in [-0.4, -0.2) is 22.6 Å². The third-order valence-electron chi connectivity index (χ3n) is 2.49. The maximum atomic E-state index is 10.7. The van der Waals surface area contributed by atoms with Crippen LogP contribution in [0.5, 0.6) is 0 Å². The predicted octanol–water partition coefficient (Wildman–Crippen LogP) is 2.80. The zero-order valence-electron chi connectivity index (χ0n) is 10.0. The average molecular weight is 262 g/mol. The molecule has 94 valence electrons. The van der Waals surface area contributed by atoms with E-state index in [1.807, 2.05) is 6.07 Å². The molecule has 0 aliphatic carbocycles. The van der Waals surface area contributed by atoms with E-state index in [1.54, 1.807) is 0 Å². The molecule has 0 atom stereocenters. The summed E-state index contributed by atoms with van der Waals surface area (Å²) in [4.78, 5) is 15.0. The molecule has 0 bridgehead atoms. The third-order valence-corrected chi connectivity index (χ3v) is 3.43. The zero-order valence-corrected chi connectivity index (χ0v) is 10.8. The van der Waals surface area contributed by atoms with Gasteiger partial charge in [-0.15, -0.1) is 0 Å². The monoisotopic (exact) mass is 262 g/mol. The van der Waals surface area contributed by atoms with Crippen molar-refractivity contribution < 1.29 is 9.90 Å². The first-order valence-electron chi connectivity index (χ1n) is 5.63. The Labute approximate surface area is 109 Å². The van der Waals surface area contributed by atoms with Gasteiger partial charge in [0.1, 0.15) is 4.88 Å². The Morgan fingerprint density at radius 3 is 3.00 bits per heavy atom. The van der Waals surface area contributed by atoms with Crippen LogP contribution < -0.4 is 5.32 Å². The van der Waals surface area contributed by atoms with Gasteiger partial charge < -0.3 is 10.4 Å². The fourth-order valence-electron chi connectivity index (χ4n) is 1.64. The molecule has 0 radical (unpaired) electrons. The lowest BCUT2D eigenvalue weighted by Crippen LogP contribution is -2.04. The van der Waals surface area contributed by atoms with Crippen molar-refractivity contribution >= 4 is 22.4 Å². The highest BCUT2D eigenvalue weighted by molar-refractivity contribution is 7.17. The molecule has 1 aromatic heterocycles. The fraction of sp³-hybridized carbons (Fsp3) is 0.231. The van der Waals surface area contributed by atoms with Crippen molar-refractivity contribution in [3.8, 4) is 0 Å². The van der Waals surface area contributed by atoms with Crippen LogP contribution in [0.15, 0.2) is 30.5 Å². The molecule has 1 aromatic carbocycles. The molecule has 0 aliphatic heterocycles. The number of anilines is 1. The first kappa shape index (κ1) is 12.6. The van der Waals surface area contributed by atoms with Crippen molar-refractivity contribution in [1.82, 2.24) is 4.98 Å². The van der Waals surface area contributed by atoms with E-state index < -0.39 is 5.97 Å². The Hall–Kier alpha value is -1.88. The van der Waals surface area contributed by atoms with E-state index in [0.29, 0.717) is 5.13 Å². The molecule has 0 saturated heterocycles. The van der Waals surface area contributed by atoms with Gasteiger partial charge in [0.25, 0.3) is 0 Å². The van der Waals surface area contributed by atoms with Gasteiger partial charge in [-0.3, -0.25) is 0 Å². The summed E-state index contributed by atoms with van der Waals surface area (Å²) in [6.07, 6.45) is 2.27. The van der Waals surface area contributed by atoms with Crippen LogP contribution in [-0.2, 0) is 6.42 Å². The third kappa shape index (κ3) is 3.30. The molecule has 0 saturated carbocycles. The van der Waals surface area contributed by atoms with Gasteiger partial charge in [-0.2, -0.15) is 0 Å². The summed E-state index contributed by atoms with van der Waals surface area (Å²) in [7, 11) is 0. The Bertz CT molecular complexity index is 551. The summed E-state index contributed by atoms with van der Waals surface area (Å²) < 4.78 is 0. The lowest BCUT2D eigenvalue weighted by molar-refractivity contribution is 0.0702. The maximum Gasteiger partial charge on any atom is 0.347 e. The number of aromatic carboxylic acids is 1. The SMILES string of the molecule is Cc1cccc(CCNc2ncc(C(=O)O)s2)c1. The molecule has 2 aromatic rings. The second-order valence-corrected chi connectivity index (χ2v) is 5.03. The van der Waals surface area contributed by atoms with Crippen LogP contribution in [0.4, 0.5) is 5.13 Å². The minimum absolute atomic E-state index is 0.257. The van der Waals surface area contributed by atoms with Gasteiger partial charge in [-0.05, 0) is 18.9 Å². The van der Waals surface area contributed by atoms with E-state index in [0.717, 1.165) is 24.3 Å². The smallest absolute Gasteiger partial charge is 0.347 e. The predicted molar refractivity (Wildman–Crippen MR) is 72.4 cm³/mol. The van der Waals surface area contributed by atoms with Crippen LogP contribution in [0.1, 0.15) is 20.8 Å². The van der Waals surface area contributed by atoms with Gasteiger partial charge in [0.15, 0.2) is 5.13 Å². The highest BCUT2D eigenvalue weighted by Crippen LogP contribution is 2.17.